The van der Waals surface area contributed by atoms with Gasteiger partial charge in [-0.25, -0.2) is 4.79 Å². The first-order valence-electron chi connectivity index (χ1n) is 6.16. The van der Waals surface area contributed by atoms with E-state index < -0.39 is 6.09 Å². The molecule has 0 aliphatic carbocycles. The molecule has 0 saturated heterocycles. The Hall–Kier alpha value is -2.53. The molecule has 6 heteroatoms. The summed E-state index contributed by atoms with van der Waals surface area (Å²) < 4.78 is 5.46. The second-order valence-corrected chi connectivity index (χ2v) is 4.98. The smallest absolute Gasteiger partial charge is 0.411 e. The first-order chi connectivity index (χ1) is 10.1. The summed E-state index contributed by atoms with van der Waals surface area (Å²) in [5.74, 6) is 0. The first kappa shape index (κ1) is 13.5. The summed E-state index contributed by atoms with van der Waals surface area (Å²) in [5, 5.41) is 9.54. The van der Waals surface area contributed by atoms with Gasteiger partial charge < -0.3 is 9.52 Å². The lowest BCUT2D eigenvalue weighted by Crippen LogP contribution is -2.23. The van der Waals surface area contributed by atoms with Crippen LogP contribution in [0.2, 0.25) is 5.02 Å². The number of rotatable bonds is 2. The van der Waals surface area contributed by atoms with E-state index in [1.54, 1.807) is 36.7 Å². The van der Waals surface area contributed by atoms with Gasteiger partial charge in [-0.15, -0.1) is 0 Å². The second kappa shape index (κ2) is 5.10. The Morgan fingerprint density at radius 2 is 2.19 bits per heavy atom. The average Bonchev–Trinajstić information content (AvgIpc) is 2.89. The highest BCUT2D eigenvalue weighted by Gasteiger charge is 2.13. The van der Waals surface area contributed by atoms with Crippen LogP contribution in [0.3, 0.4) is 0 Å². The Bertz CT molecular complexity index is 829. The summed E-state index contributed by atoms with van der Waals surface area (Å²) in [5.41, 5.74) is 3.48. The Morgan fingerprint density at radius 1 is 1.38 bits per heavy atom. The minimum atomic E-state index is -1.02. The number of anilines is 1. The zero-order chi connectivity index (χ0) is 15.0. The maximum absolute atomic E-state index is 11.0. The van der Waals surface area contributed by atoms with E-state index in [9.17, 15) is 4.79 Å². The molecule has 1 amide bonds. The number of nitrogens with zero attached hydrogens (tertiary/aromatic N) is 2. The number of aromatic nitrogens is 1. The monoisotopic (exact) mass is 302 g/mol. The van der Waals surface area contributed by atoms with Crippen molar-refractivity contribution in [2.24, 2.45) is 0 Å². The molecular weight excluding hydrogens is 292 g/mol. The molecule has 2 aromatic heterocycles. The topological polar surface area (TPSA) is 66.6 Å². The van der Waals surface area contributed by atoms with Crippen LogP contribution in [0.4, 0.5) is 10.5 Å². The highest BCUT2D eigenvalue weighted by Crippen LogP contribution is 2.32. The van der Waals surface area contributed by atoms with Crippen LogP contribution in [-0.2, 0) is 0 Å². The van der Waals surface area contributed by atoms with Crippen molar-refractivity contribution in [3.05, 3.63) is 47.8 Å². The van der Waals surface area contributed by atoms with E-state index in [1.165, 1.54) is 7.05 Å². The fourth-order valence-corrected chi connectivity index (χ4v) is 2.24. The maximum Gasteiger partial charge on any atom is 0.411 e. The Morgan fingerprint density at radius 3 is 2.95 bits per heavy atom. The van der Waals surface area contributed by atoms with Crippen molar-refractivity contribution in [2.75, 3.05) is 11.9 Å². The van der Waals surface area contributed by atoms with Crippen LogP contribution in [0, 0.1) is 0 Å². The van der Waals surface area contributed by atoms with Gasteiger partial charge in [0, 0.05) is 30.6 Å². The summed E-state index contributed by atoms with van der Waals surface area (Å²) in [6, 6.07) is 8.86. The number of halogens is 1. The lowest BCUT2D eigenvalue weighted by Gasteiger charge is -2.13. The minimum Gasteiger partial charge on any atom is -0.465 e. The number of amides is 1. The van der Waals surface area contributed by atoms with Gasteiger partial charge in [-0.2, -0.15) is 0 Å². The molecule has 106 valence electrons. The van der Waals surface area contributed by atoms with Crippen molar-refractivity contribution in [2.45, 2.75) is 0 Å². The number of fused-ring (bicyclic) bond motifs is 1. The van der Waals surface area contributed by atoms with Crippen LogP contribution in [0.5, 0.6) is 0 Å². The van der Waals surface area contributed by atoms with E-state index in [1.807, 2.05) is 6.07 Å². The molecule has 0 unspecified atom stereocenters. The fourth-order valence-electron chi connectivity index (χ4n) is 2.09. The van der Waals surface area contributed by atoms with E-state index in [4.69, 9.17) is 21.1 Å². The number of benzene rings is 1. The third-order valence-corrected chi connectivity index (χ3v) is 3.42. The number of carboxylic acid groups (broad SMARTS) is 1. The molecule has 1 N–H and O–H groups in total. The molecule has 0 fully saturated rings. The average molecular weight is 303 g/mol. The summed E-state index contributed by atoms with van der Waals surface area (Å²) in [7, 11) is 1.49. The van der Waals surface area contributed by atoms with Crippen molar-refractivity contribution >= 4 is 34.5 Å². The quantitative estimate of drug-likeness (QED) is 0.768. The van der Waals surface area contributed by atoms with Crippen molar-refractivity contribution in [1.29, 1.82) is 0 Å². The number of carbonyl (C=O) groups is 1. The molecule has 0 radical (unpaired) electrons. The predicted molar refractivity (Wildman–Crippen MR) is 80.9 cm³/mol. The number of hydrogen-bond acceptors (Lipinski definition) is 3. The van der Waals surface area contributed by atoms with Gasteiger partial charge in [-0.05, 0) is 17.7 Å². The molecule has 5 nitrogen and oxygen atoms in total. The van der Waals surface area contributed by atoms with Gasteiger partial charge in [0.05, 0.1) is 5.02 Å². The van der Waals surface area contributed by atoms with Gasteiger partial charge in [0.15, 0.2) is 5.58 Å². The molecule has 0 aliphatic rings. The number of furan rings is 1. The van der Waals surface area contributed by atoms with Gasteiger partial charge in [-0.3, -0.25) is 9.88 Å². The van der Waals surface area contributed by atoms with Gasteiger partial charge >= 0.3 is 6.09 Å². The molecule has 2 heterocycles. The van der Waals surface area contributed by atoms with Crippen molar-refractivity contribution < 1.29 is 14.3 Å². The third kappa shape index (κ3) is 2.43. The van der Waals surface area contributed by atoms with Gasteiger partial charge in [0.25, 0.3) is 0 Å². The normalized spacial score (nSPS) is 10.8. The van der Waals surface area contributed by atoms with E-state index in [-0.39, 0.29) is 0 Å². The summed E-state index contributed by atoms with van der Waals surface area (Å²) in [6.45, 7) is 0. The van der Waals surface area contributed by atoms with Crippen LogP contribution >= 0.6 is 11.6 Å². The largest absolute Gasteiger partial charge is 0.465 e. The molecule has 21 heavy (non-hydrogen) atoms. The fraction of sp³-hybridized carbons (Fsp3) is 0.0667. The SMILES string of the molecule is CN(C(=O)O)c1cccc(-c2coc3cc(Cl)cnc23)c1. The summed E-state index contributed by atoms with van der Waals surface area (Å²) in [6.07, 6.45) is 2.12. The van der Waals surface area contributed by atoms with Gasteiger partial charge in [0.1, 0.15) is 11.8 Å². The highest BCUT2D eigenvalue weighted by molar-refractivity contribution is 6.31. The highest BCUT2D eigenvalue weighted by atomic mass is 35.5. The molecule has 0 bridgehead atoms. The molecule has 3 aromatic rings. The Kier molecular flexibility index (Phi) is 3.27. The zero-order valence-electron chi connectivity index (χ0n) is 11.1. The Balaban J connectivity index is 2.11. The predicted octanol–water partition coefficient (Wildman–Crippen LogP) is 4.26. The van der Waals surface area contributed by atoms with Crippen LogP contribution in [-0.4, -0.2) is 23.2 Å². The van der Waals surface area contributed by atoms with E-state index in [0.29, 0.717) is 21.8 Å². The van der Waals surface area contributed by atoms with Crippen molar-refractivity contribution in [3.63, 3.8) is 0 Å². The lowest BCUT2D eigenvalue weighted by molar-refractivity contribution is 0.203. The first-order valence-corrected chi connectivity index (χ1v) is 6.54. The summed E-state index contributed by atoms with van der Waals surface area (Å²) in [4.78, 5) is 16.4. The molecule has 0 spiro atoms. The molecule has 0 saturated carbocycles. The van der Waals surface area contributed by atoms with E-state index in [0.717, 1.165) is 16.0 Å². The van der Waals surface area contributed by atoms with Crippen LogP contribution in [0.1, 0.15) is 0 Å². The van der Waals surface area contributed by atoms with E-state index >= 15 is 0 Å². The van der Waals surface area contributed by atoms with Crippen LogP contribution in [0.25, 0.3) is 22.2 Å². The molecular formula is C15H11ClN2O3. The zero-order valence-corrected chi connectivity index (χ0v) is 11.8. The van der Waals surface area contributed by atoms with Crippen LogP contribution in [0.15, 0.2) is 47.2 Å². The molecule has 0 aliphatic heterocycles. The van der Waals surface area contributed by atoms with Gasteiger partial charge in [0.2, 0.25) is 0 Å². The van der Waals surface area contributed by atoms with Crippen molar-refractivity contribution in [3.8, 4) is 11.1 Å². The molecule has 1 aromatic carbocycles. The lowest BCUT2D eigenvalue weighted by atomic mass is 10.1. The summed E-state index contributed by atoms with van der Waals surface area (Å²) >= 11 is 5.88. The molecule has 3 rings (SSSR count). The minimum absolute atomic E-state index is 0.503. The second-order valence-electron chi connectivity index (χ2n) is 4.54. The number of hydrogen-bond donors (Lipinski definition) is 1. The third-order valence-electron chi connectivity index (χ3n) is 3.21. The van der Waals surface area contributed by atoms with Crippen molar-refractivity contribution in [1.82, 2.24) is 4.98 Å². The molecule has 0 atom stereocenters. The van der Waals surface area contributed by atoms with Crippen LogP contribution < -0.4 is 4.90 Å². The maximum atomic E-state index is 11.0. The number of pyridine rings is 1. The Labute approximate surface area is 125 Å². The van der Waals surface area contributed by atoms with E-state index in [2.05, 4.69) is 4.98 Å². The van der Waals surface area contributed by atoms with Gasteiger partial charge in [-0.1, -0.05) is 23.7 Å². The standard InChI is InChI=1S/C15H11ClN2O3/c1-18(15(19)20)11-4-2-3-9(5-11)12-8-21-13-6-10(16)7-17-14(12)13/h2-8H,1H3,(H,19,20).